The lowest BCUT2D eigenvalue weighted by Gasteiger charge is -2.20. The molecule has 73 heavy (non-hydrogen) atoms. The number of rotatable bonds is 52. The van der Waals surface area contributed by atoms with Crippen LogP contribution in [0.3, 0.4) is 0 Å². The monoisotopic (exact) mass is 1040 g/mol. The van der Waals surface area contributed by atoms with E-state index in [0.717, 1.165) is 161 Å². The fraction of sp³-hybridized carbons (Fsp3) is 0.847. The van der Waals surface area contributed by atoms with Crippen LogP contribution in [-0.2, 0) is 52.3 Å². The number of carbonyl (C=O) groups excluding carboxylic acids is 5. The van der Waals surface area contributed by atoms with Gasteiger partial charge < -0.3 is 43.4 Å². The van der Waals surface area contributed by atoms with Gasteiger partial charge in [0.05, 0.1) is 24.9 Å². The van der Waals surface area contributed by atoms with Crippen molar-refractivity contribution in [2.75, 3.05) is 66.3 Å². The molecule has 0 aliphatic rings. The Labute approximate surface area is 444 Å². The highest BCUT2D eigenvalue weighted by Gasteiger charge is 2.22. The molecule has 0 spiro atoms. The van der Waals surface area contributed by atoms with Gasteiger partial charge in [-0.25, -0.2) is 4.79 Å². The number of carbonyl (C=O) groups is 5. The van der Waals surface area contributed by atoms with E-state index < -0.39 is 42.3 Å². The number of esters is 4. The SMILES string of the molecule is CC/C=C\CCCCOC(CCC(=O)OCC(COC(=O)CCCCCCOC(=O)C(CCCC)CCCCC)COC(=O)CCC(CCCCCC)OC(=O)NCCCN(C)CC)OCCCC/C=C\CC. The van der Waals surface area contributed by atoms with Crippen molar-refractivity contribution in [2.24, 2.45) is 11.8 Å². The van der Waals surface area contributed by atoms with Crippen LogP contribution in [0.15, 0.2) is 24.3 Å². The molecule has 0 heterocycles. The van der Waals surface area contributed by atoms with Gasteiger partial charge in [-0.1, -0.05) is 130 Å². The molecular weight excluding hydrogens is 929 g/mol. The van der Waals surface area contributed by atoms with E-state index in [9.17, 15) is 24.0 Å². The van der Waals surface area contributed by atoms with Crippen molar-refractivity contribution in [2.45, 2.75) is 247 Å². The molecular formula is C59H108N2O12. The highest BCUT2D eigenvalue weighted by molar-refractivity contribution is 5.72. The second kappa shape index (κ2) is 52.0. The quantitative estimate of drug-likeness (QED) is 0.0201. The van der Waals surface area contributed by atoms with E-state index in [1.165, 1.54) is 0 Å². The van der Waals surface area contributed by atoms with Crippen molar-refractivity contribution in [3.8, 4) is 0 Å². The summed E-state index contributed by atoms with van der Waals surface area (Å²) in [5.74, 6) is -2.03. The predicted molar refractivity (Wildman–Crippen MR) is 293 cm³/mol. The maximum atomic E-state index is 13.2. The van der Waals surface area contributed by atoms with Crippen LogP contribution in [0, 0.1) is 11.8 Å². The summed E-state index contributed by atoms with van der Waals surface area (Å²) in [5.41, 5.74) is 0. The fourth-order valence-corrected chi connectivity index (χ4v) is 7.89. The maximum absolute atomic E-state index is 13.2. The van der Waals surface area contributed by atoms with Crippen LogP contribution >= 0.6 is 0 Å². The molecule has 0 saturated carbocycles. The number of ether oxygens (including phenoxy) is 7. The summed E-state index contributed by atoms with van der Waals surface area (Å²) in [6, 6.07) is 0. The summed E-state index contributed by atoms with van der Waals surface area (Å²) in [4.78, 5) is 66.9. The number of amides is 1. The van der Waals surface area contributed by atoms with E-state index in [1.54, 1.807) is 0 Å². The van der Waals surface area contributed by atoms with Gasteiger partial charge in [0.15, 0.2) is 6.29 Å². The van der Waals surface area contributed by atoms with E-state index >= 15 is 0 Å². The van der Waals surface area contributed by atoms with Crippen molar-refractivity contribution in [3.05, 3.63) is 24.3 Å². The van der Waals surface area contributed by atoms with Crippen LogP contribution in [0.2, 0.25) is 0 Å². The maximum Gasteiger partial charge on any atom is 0.407 e. The van der Waals surface area contributed by atoms with Gasteiger partial charge in [-0.15, -0.1) is 0 Å². The first kappa shape index (κ1) is 69.5. The number of alkyl carbamates (subject to hydrolysis) is 1. The van der Waals surface area contributed by atoms with Crippen LogP contribution in [0.4, 0.5) is 4.79 Å². The van der Waals surface area contributed by atoms with Gasteiger partial charge in [0.1, 0.15) is 25.9 Å². The summed E-state index contributed by atoms with van der Waals surface area (Å²) >= 11 is 0. The Hall–Kier alpha value is -3.49. The predicted octanol–water partition coefficient (Wildman–Crippen LogP) is 13.7. The zero-order chi connectivity index (χ0) is 53.8. The van der Waals surface area contributed by atoms with Gasteiger partial charge in [-0.3, -0.25) is 19.2 Å². The minimum absolute atomic E-state index is 0.0241. The summed E-state index contributed by atoms with van der Waals surface area (Å²) in [6.45, 7) is 16.2. The largest absolute Gasteiger partial charge is 0.465 e. The normalized spacial score (nSPS) is 12.9. The van der Waals surface area contributed by atoms with E-state index in [4.69, 9.17) is 33.2 Å². The first-order valence-corrected chi connectivity index (χ1v) is 29.3. The van der Waals surface area contributed by atoms with Crippen LogP contribution < -0.4 is 5.32 Å². The van der Waals surface area contributed by atoms with Gasteiger partial charge in [0.2, 0.25) is 0 Å². The molecule has 14 heteroatoms. The molecule has 1 amide bonds. The molecule has 0 aromatic heterocycles. The van der Waals surface area contributed by atoms with Crippen molar-refractivity contribution >= 4 is 30.0 Å². The molecule has 0 saturated heterocycles. The van der Waals surface area contributed by atoms with Gasteiger partial charge in [0, 0.05) is 39.0 Å². The van der Waals surface area contributed by atoms with E-state index in [0.29, 0.717) is 52.0 Å². The third-order valence-electron chi connectivity index (χ3n) is 12.7. The van der Waals surface area contributed by atoms with E-state index in [2.05, 4.69) is 76.1 Å². The number of allylic oxidation sites excluding steroid dienone is 4. The average Bonchev–Trinajstić information content (AvgIpc) is 3.38. The minimum Gasteiger partial charge on any atom is -0.465 e. The third kappa shape index (κ3) is 45.6. The van der Waals surface area contributed by atoms with Crippen molar-refractivity contribution < 1.29 is 57.1 Å². The smallest absolute Gasteiger partial charge is 0.407 e. The molecule has 1 N–H and O–H groups in total. The van der Waals surface area contributed by atoms with Gasteiger partial charge >= 0.3 is 30.0 Å². The minimum atomic E-state index is -0.597. The van der Waals surface area contributed by atoms with E-state index in [-0.39, 0.29) is 51.0 Å². The van der Waals surface area contributed by atoms with Crippen molar-refractivity contribution in [3.63, 3.8) is 0 Å². The number of nitrogens with zero attached hydrogens (tertiary/aromatic N) is 1. The molecule has 0 bridgehead atoms. The average molecular weight is 1040 g/mol. The first-order chi connectivity index (χ1) is 35.5. The summed E-state index contributed by atoms with van der Waals surface area (Å²) in [5, 5.41) is 2.84. The topological polar surface area (TPSA) is 165 Å². The van der Waals surface area contributed by atoms with Crippen molar-refractivity contribution in [1.82, 2.24) is 10.2 Å². The zero-order valence-electron chi connectivity index (χ0n) is 47.5. The molecule has 0 aromatic carbocycles. The molecule has 0 aliphatic carbocycles. The Morgan fingerprint density at radius 3 is 1.60 bits per heavy atom. The lowest BCUT2D eigenvalue weighted by Crippen LogP contribution is -2.32. The lowest BCUT2D eigenvalue weighted by atomic mass is 9.95. The molecule has 3 unspecified atom stereocenters. The Balaban J connectivity index is 5.47. The second-order valence-corrected chi connectivity index (χ2v) is 19.6. The summed E-state index contributed by atoms with van der Waals surface area (Å²) in [7, 11) is 2.04. The standard InChI is InChI=1S/C59H108N2O12/c1-8-14-19-22-25-31-45-67-57(68-46-32-26-23-20-15-9-2)42-41-56(64)72-50-51(48-70-54(62)38-30-24-27-33-47-69-58(65)52(35-18-12-5)36-28-17-11-4)49-71-55(63)40-39-53(37-29-21-16-10-3)73-59(66)60-43-34-44-61(7)13-6/h14-15,19-20,51-53,57H,8-13,16-18,21-50H2,1-7H3,(H,60,66)/b19-14-,20-15-. The molecule has 0 aliphatic heterocycles. The third-order valence-corrected chi connectivity index (χ3v) is 12.7. The highest BCUT2D eigenvalue weighted by Crippen LogP contribution is 2.20. The molecule has 0 radical (unpaired) electrons. The van der Waals surface area contributed by atoms with E-state index in [1.807, 2.05) is 7.05 Å². The van der Waals surface area contributed by atoms with Crippen LogP contribution in [0.1, 0.15) is 234 Å². The molecule has 3 atom stereocenters. The Kier molecular flexibility index (Phi) is 49.5. The van der Waals surface area contributed by atoms with Gasteiger partial charge in [-0.05, 0) is 123 Å². The zero-order valence-corrected chi connectivity index (χ0v) is 47.5. The van der Waals surface area contributed by atoms with Crippen molar-refractivity contribution in [1.29, 1.82) is 0 Å². The molecule has 426 valence electrons. The number of hydrogen-bond acceptors (Lipinski definition) is 13. The number of hydrogen-bond donors (Lipinski definition) is 1. The van der Waals surface area contributed by atoms with Crippen LogP contribution in [0.25, 0.3) is 0 Å². The Morgan fingerprint density at radius 2 is 1.01 bits per heavy atom. The Morgan fingerprint density at radius 1 is 0.493 bits per heavy atom. The molecule has 0 fully saturated rings. The number of unbranched alkanes of at least 4 members (excludes halogenated alkanes) is 13. The number of nitrogens with one attached hydrogen (secondary N) is 1. The fourth-order valence-electron chi connectivity index (χ4n) is 7.89. The lowest BCUT2D eigenvalue weighted by molar-refractivity contribution is -0.162. The van der Waals surface area contributed by atoms with Gasteiger partial charge in [-0.2, -0.15) is 0 Å². The van der Waals surface area contributed by atoms with Gasteiger partial charge in [0.25, 0.3) is 0 Å². The first-order valence-electron chi connectivity index (χ1n) is 29.3. The van der Waals surface area contributed by atoms with Crippen LogP contribution in [0.5, 0.6) is 0 Å². The molecule has 0 rings (SSSR count). The summed E-state index contributed by atoms with van der Waals surface area (Å²) < 4.78 is 40.7. The Bertz CT molecular complexity index is 1370. The molecule has 0 aromatic rings. The molecule has 14 nitrogen and oxygen atoms in total. The summed E-state index contributed by atoms with van der Waals surface area (Å²) in [6.07, 6.45) is 31.6. The second-order valence-electron chi connectivity index (χ2n) is 19.6. The van der Waals surface area contributed by atoms with Crippen LogP contribution in [-0.4, -0.2) is 114 Å². The highest BCUT2D eigenvalue weighted by atomic mass is 16.7.